The molecule has 0 bridgehead atoms. The van der Waals surface area contributed by atoms with Crippen LogP contribution in [0.4, 0.5) is 5.69 Å². The molecule has 1 aromatic carbocycles. The van der Waals surface area contributed by atoms with Crippen molar-refractivity contribution in [3.63, 3.8) is 0 Å². The van der Waals surface area contributed by atoms with E-state index in [1.165, 1.54) is 6.20 Å². The van der Waals surface area contributed by atoms with Gasteiger partial charge in [0, 0.05) is 25.7 Å². The van der Waals surface area contributed by atoms with Gasteiger partial charge in [-0.05, 0) is 26.2 Å². The van der Waals surface area contributed by atoms with E-state index in [1.807, 2.05) is 29.6 Å². The number of aromatic nitrogens is 2. The van der Waals surface area contributed by atoms with Crippen molar-refractivity contribution in [1.29, 1.82) is 0 Å². The summed E-state index contributed by atoms with van der Waals surface area (Å²) >= 11 is 6.10. The Bertz CT molecular complexity index is 879. The van der Waals surface area contributed by atoms with Gasteiger partial charge in [0.25, 0.3) is 5.91 Å². The minimum atomic E-state index is -0.271. The molecule has 7 nitrogen and oxygen atoms in total. The first-order chi connectivity index (χ1) is 13.0. The molecule has 0 atom stereocenters. The number of benzene rings is 1. The van der Waals surface area contributed by atoms with Crippen LogP contribution in [0.1, 0.15) is 16.3 Å². The number of para-hydroxylation sites is 1. The summed E-state index contributed by atoms with van der Waals surface area (Å²) in [4.78, 5) is 32.9. The number of anilines is 1. The van der Waals surface area contributed by atoms with Gasteiger partial charge >= 0.3 is 0 Å². The van der Waals surface area contributed by atoms with Gasteiger partial charge in [0.05, 0.1) is 23.5 Å². The number of nitrogens with one attached hydrogen (secondary N) is 1. The molecule has 0 fully saturated rings. The van der Waals surface area contributed by atoms with E-state index in [4.69, 9.17) is 11.6 Å². The zero-order valence-corrected chi connectivity index (χ0v) is 17.3. The molecule has 1 aliphatic heterocycles. The number of imidazole rings is 1. The van der Waals surface area contributed by atoms with Crippen LogP contribution in [0, 0.1) is 0 Å². The van der Waals surface area contributed by atoms with E-state index < -0.39 is 0 Å². The highest BCUT2D eigenvalue weighted by Crippen LogP contribution is 2.22. The van der Waals surface area contributed by atoms with Crippen LogP contribution in [-0.2, 0) is 17.9 Å². The van der Waals surface area contributed by atoms with Gasteiger partial charge in [-0.25, -0.2) is 4.98 Å². The zero-order valence-electron chi connectivity index (χ0n) is 15.8. The Morgan fingerprint density at radius 3 is 2.75 bits per heavy atom. The smallest absolute Gasteiger partial charge is 0.273 e. The Kier molecular flexibility index (Phi) is 7.62. The standard InChI is InChI=1S/C19H22ClN5O2.ClH/c1-23(2)9-5-8-18(26)24-10-11-25-16(12-21-17(25)13-24)19(27)22-15-7-4-3-6-14(15)20;/h3-8,12H,9-11,13H2,1-2H3,(H,22,27);1H/b8-5+;. The van der Waals surface area contributed by atoms with Crippen molar-refractivity contribution >= 4 is 41.5 Å². The fraction of sp³-hybridized carbons (Fsp3) is 0.316. The van der Waals surface area contributed by atoms with E-state index in [2.05, 4.69) is 10.3 Å². The van der Waals surface area contributed by atoms with Crippen molar-refractivity contribution in [3.8, 4) is 0 Å². The lowest BCUT2D eigenvalue weighted by Gasteiger charge is -2.27. The highest BCUT2D eigenvalue weighted by molar-refractivity contribution is 6.33. The number of likely N-dealkylation sites (N-methyl/N-ethyl adjacent to an activating group) is 1. The predicted molar refractivity (Wildman–Crippen MR) is 112 cm³/mol. The summed E-state index contributed by atoms with van der Waals surface area (Å²) in [5.41, 5.74) is 1.01. The lowest BCUT2D eigenvalue weighted by Crippen LogP contribution is -2.38. The normalized spacial score (nSPS) is 13.4. The number of rotatable bonds is 5. The Balaban J connectivity index is 0.00000280. The highest BCUT2D eigenvalue weighted by Gasteiger charge is 2.24. The lowest BCUT2D eigenvalue weighted by atomic mass is 10.3. The molecule has 150 valence electrons. The maximum absolute atomic E-state index is 12.6. The summed E-state index contributed by atoms with van der Waals surface area (Å²) in [7, 11) is 3.89. The van der Waals surface area contributed by atoms with Crippen molar-refractivity contribution in [2.45, 2.75) is 13.1 Å². The molecular formula is C19H23Cl2N5O2. The minimum absolute atomic E-state index is 0. The lowest BCUT2D eigenvalue weighted by molar-refractivity contribution is -0.127. The molecular weight excluding hydrogens is 401 g/mol. The monoisotopic (exact) mass is 423 g/mol. The van der Waals surface area contributed by atoms with Crippen molar-refractivity contribution in [2.24, 2.45) is 0 Å². The largest absolute Gasteiger partial charge is 0.330 e. The first-order valence-corrected chi connectivity index (χ1v) is 9.04. The topological polar surface area (TPSA) is 70.5 Å². The van der Waals surface area contributed by atoms with Crippen molar-refractivity contribution in [3.05, 3.63) is 59.2 Å². The molecule has 9 heteroatoms. The third-order valence-corrected chi connectivity index (χ3v) is 4.59. The second-order valence-corrected chi connectivity index (χ2v) is 6.98. The number of fused-ring (bicyclic) bond motifs is 1. The molecule has 2 aromatic rings. The summed E-state index contributed by atoms with van der Waals surface area (Å²) in [6, 6.07) is 7.07. The molecule has 0 unspecified atom stereocenters. The van der Waals surface area contributed by atoms with Crippen LogP contribution in [-0.4, -0.2) is 58.4 Å². The van der Waals surface area contributed by atoms with Gasteiger partial charge in [-0.2, -0.15) is 0 Å². The van der Waals surface area contributed by atoms with E-state index >= 15 is 0 Å². The Morgan fingerprint density at radius 2 is 2.04 bits per heavy atom. The zero-order chi connectivity index (χ0) is 19.4. The average Bonchev–Trinajstić information content (AvgIpc) is 3.06. The Morgan fingerprint density at radius 1 is 1.29 bits per heavy atom. The van der Waals surface area contributed by atoms with Crippen LogP contribution >= 0.6 is 24.0 Å². The first kappa shape index (κ1) is 21.9. The molecule has 1 N–H and O–H groups in total. The van der Waals surface area contributed by atoms with E-state index in [-0.39, 0.29) is 24.2 Å². The number of halogens is 2. The third kappa shape index (κ3) is 5.13. The minimum Gasteiger partial charge on any atom is -0.330 e. The Labute approximate surface area is 175 Å². The van der Waals surface area contributed by atoms with Crippen LogP contribution in [0.2, 0.25) is 5.02 Å². The van der Waals surface area contributed by atoms with E-state index in [0.717, 1.165) is 0 Å². The molecule has 0 spiro atoms. The average molecular weight is 424 g/mol. The molecule has 1 aromatic heterocycles. The second-order valence-electron chi connectivity index (χ2n) is 6.57. The van der Waals surface area contributed by atoms with Crippen molar-refractivity contribution in [1.82, 2.24) is 19.4 Å². The van der Waals surface area contributed by atoms with Gasteiger partial charge in [-0.1, -0.05) is 29.8 Å². The number of carbonyl (C=O) groups excluding carboxylic acids is 2. The summed E-state index contributed by atoms with van der Waals surface area (Å²) in [5.74, 6) is 0.376. The summed E-state index contributed by atoms with van der Waals surface area (Å²) in [5, 5.41) is 3.28. The second kappa shape index (κ2) is 9.73. The number of hydrogen-bond acceptors (Lipinski definition) is 4. The Hall–Kier alpha value is -2.35. The van der Waals surface area contributed by atoms with Crippen LogP contribution in [0.25, 0.3) is 0 Å². The van der Waals surface area contributed by atoms with Crippen LogP contribution in [0.15, 0.2) is 42.6 Å². The van der Waals surface area contributed by atoms with Crippen molar-refractivity contribution in [2.75, 3.05) is 32.5 Å². The molecule has 2 amide bonds. The molecule has 28 heavy (non-hydrogen) atoms. The summed E-state index contributed by atoms with van der Waals surface area (Å²) < 4.78 is 1.85. The van der Waals surface area contributed by atoms with E-state index in [1.54, 1.807) is 35.2 Å². The predicted octanol–water partition coefficient (Wildman–Crippen LogP) is 2.67. The SMILES string of the molecule is CN(C)C/C=C/C(=O)N1CCn2c(C(=O)Nc3ccccc3Cl)cnc2C1.Cl. The quantitative estimate of drug-likeness (QED) is 0.750. The maximum atomic E-state index is 12.6. The van der Waals surface area contributed by atoms with E-state index in [0.29, 0.717) is 48.4 Å². The molecule has 0 aliphatic carbocycles. The van der Waals surface area contributed by atoms with Gasteiger partial charge < -0.3 is 19.7 Å². The number of carbonyl (C=O) groups is 2. The van der Waals surface area contributed by atoms with Gasteiger partial charge in [0.15, 0.2) is 0 Å². The number of hydrogen-bond donors (Lipinski definition) is 1. The first-order valence-electron chi connectivity index (χ1n) is 8.66. The molecule has 1 aliphatic rings. The van der Waals surface area contributed by atoms with Gasteiger partial charge in [0.1, 0.15) is 11.5 Å². The number of nitrogens with zero attached hydrogens (tertiary/aromatic N) is 4. The molecule has 0 radical (unpaired) electrons. The van der Waals surface area contributed by atoms with Crippen LogP contribution in [0.3, 0.4) is 0 Å². The van der Waals surface area contributed by atoms with Crippen molar-refractivity contribution < 1.29 is 9.59 Å². The number of amides is 2. The third-order valence-electron chi connectivity index (χ3n) is 4.26. The molecule has 0 saturated heterocycles. The van der Waals surface area contributed by atoms with Crippen LogP contribution < -0.4 is 5.32 Å². The van der Waals surface area contributed by atoms with Gasteiger partial charge in [-0.15, -0.1) is 12.4 Å². The molecule has 2 heterocycles. The fourth-order valence-electron chi connectivity index (χ4n) is 2.85. The van der Waals surface area contributed by atoms with Gasteiger partial charge in [0.2, 0.25) is 5.91 Å². The summed E-state index contributed by atoms with van der Waals surface area (Å²) in [6.45, 7) is 2.14. The highest BCUT2D eigenvalue weighted by atomic mass is 35.5. The van der Waals surface area contributed by atoms with E-state index in [9.17, 15) is 9.59 Å². The molecule has 0 saturated carbocycles. The fourth-order valence-corrected chi connectivity index (χ4v) is 3.03. The molecule has 3 rings (SSSR count). The van der Waals surface area contributed by atoms with Crippen LogP contribution in [0.5, 0.6) is 0 Å². The maximum Gasteiger partial charge on any atom is 0.273 e. The summed E-state index contributed by atoms with van der Waals surface area (Å²) in [6.07, 6.45) is 4.97. The van der Waals surface area contributed by atoms with Gasteiger partial charge in [-0.3, -0.25) is 9.59 Å².